The Morgan fingerprint density at radius 1 is 0.253 bits per heavy atom. The molecule has 0 amide bonds. The Morgan fingerprint density at radius 3 is 0.735 bits per heavy atom. The van der Waals surface area contributed by atoms with E-state index in [0.717, 1.165) is 128 Å². The maximum Gasteiger partial charge on any atom is 0.306 e. The summed E-state index contributed by atoms with van der Waals surface area (Å²) in [7, 11) is 0. The maximum atomic E-state index is 12.9. The number of ether oxygens (including phenoxy) is 3. The third kappa shape index (κ3) is 68.2. The van der Waals surface area contributed by atoms with Crippen LogP contribution in [0.3, 0.4) is 0 Å². The summed E-state index contributed by atoms with van der Waals surface area (Å²) in [6.07, 6.45) is 99.1. The molecule has 0 aliphatic rings. The zero-order valence-electron chi connectivity index (χ0n) is 54.2. The molecule has 0 radical (unpaired) electrons. The van der Waals surface area contributed by atoms with E-state index in [2.05, 4.69) is 154 Å². The third-order valence-electron chi connectivity index (χ3n) is 14.6. The summed E-state index contributed by atoms with van der Waals surface area (Å²) in [6.45, 7) is 6.50. The number of hydrogen-bond acceptors (Lipinski definition) is 6. The van der Waals surface area contributed by atoms with Gasteiger partial charge in [0.15, 0.2) is 6.10 Å². The van der Waals surface area contributed by atoms with E-state index in [1.807, 2.05) is 0 Å². The molecule has 0 aliphatic carbocycles. The van der Waals surface area contributed by atoms with E-state index in [4.69, 9.17) is 14.2 Å². The largest absolute Gasteiger partial charge is 0.462 e. The topological polar surface area (TPSA) is 78.9 Å². The van der Waals surface area contributed by atoms with Gasteiger partial charge in [0.05, 0.1) is 0 Å². The molecular formula is C77H128O6. The highest BCUT2D eigenvalue weighted by Crippen LogP contribution is 2.16. The van der Waals surface area contributed by atoms with E-state index in [0.29, 0.717) is 19.3 Å². The van der Waals surface area contributed by atoms with Gasteiger partial charge < -0.3 is 14.2 Å². The van der Waals surface area contributed by atoms with Crippen LogP contribution in [0.15, 0.2) is 134 Å². The summed E-state index contributed by atoms with van der Waals surface area (Å²) in [5.41, 5.74) is 0. The predicted octanol–water partition coefficient (Wildman–Crippen LogP) is 24.1. The Kier molecular flexibility index (Phi) is 66.3. The van der Waals surface area contributed by atoms with Crippen LogP contribution in [0.4, 0.5) is 0 Å². The maximum absolute atomic E-state index is 12.9. The summed E-state index contributed by atoms with van der Waals surface area (Å²) in [5.74, 6) is -0.895. The van der Waals surface area contributed by atoms with Gasteiger partial charge in [-0.1, -0.05) is 309 Å². The van der Waals surface area contributed by atoms with Gasteiger partial charge >= 0.3 is 17.9 Å². The normalized spacial score (nSPS) is 13.0. The first-order valence-corrected chi connectivity index (χ1v) is 34.7. The van der Waals surface area contributed by atoms with E-state index >= 15 is 0 Å². The van der Waals surface area contributed by atoms with Crippen molar-refractivity contribution in [2.45, 2.75) is 322 Å². The lowest BCUT2D eigenvalue weighted by Crippen LogP contribution is -2.30. The number of esters is 3. The molecule has 0 aromatic carbocycles. The Bertz CT molecular complexity index is 1750. The molecule has 0 aliphatic heterocycles. The molecule has 0 aromatic heterocycles. The van der Waals surface area contributed by atoms with Crippen molar-refractivity contribution < 1.29 is 28.6 Å². The highest BCUT2D eigenvalue weighted by atomic mass is 16.6. The summed E-state index contributed by atoms with van der Waals surface area (Å²) >= 11 is 0. The van der Waals surface area contributed by atoms with Gasteiger partial charge in [0.25, 0.3) is 0 Å². The van der Waals surface area contributed by atoms with Gasteiger partial charge in [-0.2, -0.15) is 0 Å². The van der Waals surface area contributed by atoms with Crippen LogP contribution < -0.4 is 0 Å². The average molecular weight is 1150 g/mol. The molecule has 472 valence electrons. The van der Waals surface area contributed by atoms with E-state index in [9.17, 15) is 14.4 Å². The first-order valence-electron chi connectivity index (χ1n) is 34.7. The standard InChI is InChI=1S/C77H128O6/c1-4-7-10-13-16-19-21-23-25-27-29-31-32-33-34-35-36-37-38-39-40-41-42-43-44-46-47-49-51-53-55-58-61-64-67-70-76(79)82-73-74(72-81-75(78)69-66-63-60-57-18-15-12-9-6-3)83-77(80)71-68-65-62-59-56-54-52-50-48-45-30-28-26-24-22-20-17-14-11-8-5-2/h7,10,16,19,22-25,28-31,33-34,36-37,39-40,42-43,46-47,74H,4-6,8-9,11-15,17-18,20-21,26-27,32,35,38,41,44-45,48-73H2,1-3H3/b10-7-,19-16-,24-22-,25-23-,30-28-,31-29-,34-33-,37-36-,40-39-,43-42-,47-46-. The van der Waals surface area contributed by atoms with Gasteiger partial charge in [0.1, 0.15) is 13.2 Å². The number of hydrogen-bond donors (Lipinski definition) is 0. The minimum absolute atomic E-state index is 0.0831. The molecule has 6 heteroatoms. The summed E-state index contributed by atoms with van der Waals surface area (Å²) in [6, 6.07) is 0. The third-order valence-corrected chi connectivity index (χ3v) is 14.6. The SMILES string of the molecule is CC/C=C\C/C=C\C/C=C\C/C=C\C/C=C\C/C=C\C/C=C\C/C=C\C/C=C\CCCCCCCCCC(=O)OCC(COC(=O)CCCCCCCCCCC)OC(=O)CCCCCCCCCCC/C=C\C/C=C\CCCCCCC. The van der Waals surface area contributed by atoms with Crippen LogP contribution in [0.5, 0.6) is 0 Å². The highest BCUT2D eigenvalue weighted by Gasteiger charge is 2.19. The molecule has 83 heavy (non-hydrogen) atoms. The minimum atomic E-state index is -0.787. The van der Waals surface area contributed by atoms with E-state index in [1.54, 1.807) is 0 Å². The van der Waals surface area contributed by atoms with Crippen molar-refractivity contribution in [2.24, 2.45) is 0 Å². The Balaban J connectivity index is 4.22. The summed E-state index contributed by atoms with van der Waals surface area (Å²) in [5, 5.41) is 0. The van der Waals surface area contributed by atoms with Gasteiger partial charge in [0.2, 0.25) is 0 Å². The molecule has 0 rings (SSSR count). The van der Waals surface area contributed by atoms with Crippen molar-refractivity contribution in [1.29, 1.82) is 0 Å². The summed E-state index contributed by atoms with van der Waals surface area (Å²) in [4.78, 5) is 38.3. The number of allylic oxidation sites excluding steroid dienone is 22. The second-order valence-corrected chi connectivity index (χ2v) is 22.7. The molecule has 1 unspecified atom stereocenters. The fourth-order valence-corrected chi connectivity index (χ4v) is 9.47. The molecule has 0 saturated heterocycles. The monoisotopic (exact) mass is 1150 g/mol. The van der Waals surface area contributed by atoms with Crippen molar-refractivity contribution in [2.75, 3.05) is 13.2 Å². The van der Waals surface area contributed by atoms with Crippen LogP contribution in [0.25, 0.3) is 0 Å². The van der Waals surface area contributed by atoms with Gasteiger partial charge in [-0.25, -0.2) is 0 Å². The van der Waals surface area contributed by atoms with E-state index in [1.165, 1.54) is 148 Å². The molecule has 1 atom stereocenters. The molecular weight excluding hydrogens is 1020 g/mol. The highest BCUT2D eigenvalue weighted by molar-refractivity contribution is 5.71. The predicted molar refractivity (Wildman–Crippen MR) is 362 cm³/mol. The first-order chi connectivity index (χ1) is 41.0. The van der Waals surface area contributed by atoms with E-state index in [-0.39, 0.29) is 31.1 Å². The smallest absolute Gasteiger partial charge is 0.306 e. The molecule has 0 saturated carbocycles. The fourth-order valence-electron chi connectivity index (χ4n) is 9.47. The number of unbranched alkanes of at least 4 members (excludes halogenated alkanes) is 29. The second-order valence-electron chi connectivity index (χ2n) is 22.7. The van der Waals surface area contributed by atoms with Gasteiger partial charge in [0, 0.05) is 19.3 Å². The van der Waals surface area contributed by atoms with Crippen LogP contribution in [0.1, 0.15) is 316 Å². The zero-order valence-corrected chi connectivity index (χ0v) is 54.2. The molecule has 0 aromatic rings. The van der Waals surface area contributed by atoms with Crippen molar-refractivity contribution >= 4 is 17.9 Å². The van der Waals surface area contributed by atoms with Gasteiger partial charge in [-0.3, -0.25) is 14.4 Å². The van der Waals surface area contributed by atoms with Crippen LogP contribution in [-0.4, -0.2) is 37.2 Å². The molecule has 0 N–H and O–H groups in total. The second kappa shape index (κ2) is 70.0. The Morgan fingerprint density at radius 2 is 0.470 bits per heavy atom. The number of rotatable bonds is 62. The molecule has 6 nitrogen and oxygen atoms in total. The van der Waals surface area contributed by atoms with Crippen LogP contribution in [0, 0.1) is 0 Å². The zero-order chi connectivity index (χ0) is 59.9. The van der Waals surface area contributed by atoms with Crippen molar-refractivity contribution in [3.63, 3.8) is 0 Å². The van der Waals surface area contributed by atoms with Crippen LogP contribution >= 0.6 is 0 Å². The van der Waals surface area contributed by atoms with E-state index < -0.39 is 6.10 Å². The van der Waals surface area contributed by atoms with Crippen molar-refractivity contribution in [1.82, 2.24) is 0 Å². The quantitative estimate of drug-likeness (QED) is 0.0261. The molecule has 0 spiro atoms. The molecule has 0 heterocycles. The average Bonchev–Trinajstić information content (AvgIpc) is 3.49. The summed E-state index contributed by atoms with van der Waals surface area (Å²) < 4.78 is 16.9. The lowest BCUT2D eigenvalue weighted by atomic mass is 10.1. The minimum Gasteiger partial charge on any atom is -0.462 e. The Hall–Kier alpha value is -4.45. The first kappa shape index (κ1) is 78.5. The number of carbonyl (C=O) groups is 3. The molecule has 0 bridgehead atoms. The van der Waals surface area contributed by atoms with Crippen molar-refractivity contribution in [3.8, 4) is 0 Å². The lowest BCUT2D eigenvalue weighted by molar-refractivity contribution is -0.167. The van der Waals surface area contributed by atoms with Gasteiger partial charge in [-0.05, 0) is 122 Å². The van der Waals surface area contributed by atoms with Crippen LogP contribution in [0.2, 0.25) is 0 Å². The number of carbonyl (C=O) groups excluding carboxylic acids is 3. The fraction of sp³-hybridized carbons (Fsp3) is 0.675. The lowest BCUT2D eigenvalue weighted by Gasteiger charge is -2.18. The van der Waals surface area contributed by atoms with Crippen LogP contribution in [-0.2, 0) is 28.6 Å². The molecule has 0 fully saturated rings. The van der Waals surface area contributed by atoms with Gasteiger partial charge in [-0.15, -0.1) is 0 Å². The Labute approximate surface area is 513 Å². The van der Waals surface area contributed by atoms with Crippen molar-refractivity contribution in [3.05, 3.63) is 134 Å².